The third-order valence-electron chi connectivity index (χ3n) is 4.76. The van der Waals surface area contributed by atoms with E-state index in [1.54, 1.807) is 19.1 Å². The molecule has 0 radical (unpaired) electrons. The summed E-state index contributed by atoms with van der Waals surface area (Å²) in [6.45, 7) is 1.06. The second-order valence-electron chi connectivity index (χ2n) is 6.52. The predicted octanol–water partition coefficient (Wildman–Crippen LogP) is 3.67. The van der Waals surface area contributed by atoms with E-state index < -0.39 is 30.3 Å². The molecule has 1 aromatic rings. The van der Waals surface area contributed by atoms with Gasteiger partial charge in [0, 0.05) is 10.7 Å². The Kier molecular flexibility index (Phi) is 4.92. The fourth-order valence-electron chi connectivity index (χ4n) is 3.38. The highest BCUT2D eigenvalue weighted by Crippen LogP contribution is 2.48. The van der Waals surface area contributed by atoms with E-state index in [2.05, 4.69) is 5.10 Å². The molecule has 1 aliphatic carbocycles. The molecule has 9 heteroatoms. The molecule has 142 valence electrons. The van der Waals surface area contributed by atoms with E-state index >= 15 is 0 Å². The van der Waals surface area contributed by atoms with E-state index in [4.69, 9.17) is 16.3 Å². The minimum Gasteiger partial charge on any atom is -0.484 e. The molecular formula is C17H18ClF3N2O3. The Bertz CT molecular complexity index is 753. The SMILES string of the molecule is Cc1cc(OCC(=O)N2N=C3CCCC[C@H]3[C@@]2(O)C(F)(F)F)ccc1Cl. The highest BCUT2D eigenvalue weighted by molar-refractivity contribution is 6.31. The van der Waals surface area contributed by atoms with Gasteiger partial charge in [-0.3, -0.25) is 4.79 Å². The number of fused-ring (bicyclic) bond motifs is 1. The van der Waals surface area contributed by atoms with Gasteiger partial charge in [-0.25, -0.2) is 0 Å². The monoisotopic (exact) mass is 390 g/mol. The molecule has 1 aromatic carbocycles. The van der Waals surface area contributed by atoms with E-state index in [9.17, 15) is 23.1 Å². The summed E-state index contributed by atoms with van der Waals surface area (Å²) in [7, 11) is 0. The van der Waals surface area contributed by atoms with Crippen molar-refractivity contribution in [1.29, 1.82) is 0 Å². The van der Waals surface area contributed by atoms with Gasteiger partial charge in [0.2, 0.25) is 0 Å². The van der Waals surface area contributed by atoms with Crippen LogP contribution in [0.1, 0.15) is 31.2 Å². The largest absolute Gasteiger partial charge is 0.484 e. The summed E-state index contributed by atoms with van der Waals surface area (Å²) in [5.41, 5.74) is -2.40. The number of carbonyl (C=O) groups excluding carboxylic acids is 1. The average molecular weight is 391 g/mol. The third kappa shape index (κ3) is 3.16. The van der Waals surface area contributed by atoms with E-state index in [0.717, 1.165) is 0 Å². The van der Waals surface area contributed by atoms with Crippen molar-refractivity contribution >= 4 is 23.2 Å². The lowest BCUT2D eigenvalue weighted by Gasteiger charge is -2.38. The predicted molar refractivity (Wildman–Crippen MR) is 88.9 cm³/mol. The lowest BCUT2D eigenvalue weighted by Crippen LogP contribution is -2.62. The van der Waals surface area contributed by atoms with E-state index in [-0.39, 0.29) is 17.1 Å². The first-order chi connectivity index (χ1) is 12.1. The summed E-state index contributed by atoms with van der Waals surface area (Å²) in [5.74, 6) is -1.99. The number of ether oxygens (including phenoxy) is 1. The van der Waals surface area contributed by atoms with Crippen LogP contribution < -0.4 is 4.74 Å². The summed E-state index contributed by atoms with van der Waals surface area (Å²) >= 11 is 5.90. The van der Waals surface area contributed by atoms with Crippen LogP contribution in [0.25, 0.3) is 0 Å². The van der Waals surface area contributed by atoms with E-state index in [0.29, 0.717) is 35.6 Å². The van der Waals surface area contributed by atoms with Crippen molar-refractivity contribution in [3.63, 3.8) is 0 Å². The Labute approximate surface area is 153 Å². The molecule has 1 heterocycles. The van der Waals surface area contributed by atoms with Crippen LogP contribution in [0, 0.1) is 12.8 Å². The molecule has 0 spiro atoms. The van der Waals surface area contributed by atoms with E-state index in [1.165, 1.54) is 6.07 Å². The van der Waals surface area contributed by atoms with Crippen molar-refractivity contribution < 1.29 is 27.8 Å². The van der Waals surface area contributed by atoms with Crippen molar-refractivity contribution in [3.05, 3.63) is 28.8 Å². The number of amides is 1. The van der Waals surface area contributed by atoms with Crippen molar-refractivity contribution in [1.82, 2.24) is 5.01 Å². The molecular weight excluding hydrogens is 373 g/mol. The number of halogens is 4. The molecule has 1 aliphatic heterocycles. The standard InChI is InChI=1S/C17H18ClF3N2O3/c1-10-8-11(6-7-13(10)18)26-9-15(24)23-16(25,17(19,20)21)12-4-2-3-5-14(12)22-23/h6-8,12,25H,2-5,9H2,1H3/t12-,16-/m1/s1. The molecule has 5 nitrogen and oxygen atoms in total. The Balaban J connectivity index is 1.80. The summed E-state index contributed by atoms with van der Waals surface area (Å²) in [4.78, 5) is 12.4. The molecule has 1 fully saturated rings. The number of rotatable bonds is 3. The molecule has 0 bridgehead atoms. The van der Waals surface area contributed by atoms with E-state index in [1.807, 2.05) is 0 Å². The van der Waals surface area contributed by atoms with Gasteiger partial charge in [-0.1, -0.05) is 18.0 Å². The van der Waals surface area contributed by atoms with Gasteiger partial charge in [-0.2, -0.15) is 23.3 Å². The van der Waals surface area contributed by atoms with Crippen LogP contribution in [0.2, 0.25) is 5.02 Å². The summed E-state index contributed by atoms with van der Waals surface area (Å²) in [6, 6.07) is 4.64. The molecule has 2 atom stereocenters. The number of aliphatic hydroxyl groups is 1. The first-order valence-corrected chi connectivity index (χ1v) is 8.61. The minimum atomic E-state index is -5.02. The maximum absolute atomic E-state index is 13.6. The number of aryl methyl sites for hydroxylation is 1. The minimum absolute atomic E-state index is 0.135. The Hall–Kier alpha value is -1.80. The number of carbonyl (C=O) groups is 1. The van der Waals surface area contributed by atoms with Crippen LogP contribution in [0.3, 0.4) is 0 Å². The summed E-state index contributed by atoms with van der Waals surface area (Å²) in [6.07, 6.45) is -3.32. The second-order valence-corrected chi connectivity index (χ2v) is 6.93. The van der Waals surface area contributed by atoms with Gasteiger partial charge < -0.3 is 9.84 Å². The van der Waals surface area contributed by atoms with Crippen LogP contribution in [0.15, 0.2) is 23.3 Å². The topological polar surface area (TPSA) is 62.1 Å². The van der Waals surface area contributed by atoms with Gasteiger partial charge in [-0.05, 0) is 49.9 Å². The van der Waals surface area contributed by atoms with Crippen molar-refractivity contribution in [2.24, 2.45) is 11.0 Å². The summed E-state index contributed by atoms with van der Waals surface area (Å²) < 4.78 is 46.1. The van der Waals surface area contributed by atoms with Crippen molar-refractivity contribution in [2.45, 2.75) is 44.5 Å². The maximum Gasteiger partial charge on any atom is 0.439 e. The smallest absolute Gasteiger partial charge is 0.439 e. The lowest BCUT2D eigenvalue weighted by atomic mass is 9.80. The van der Waals surface area contributed by atoms with Gasteiger partial charge in [-0.15, -0.1) is 0 Å². The molecule has 1 saturated carbocycles. The fraction of sp³-hybridized carbons (Fsp3) is 0.529. The van der Waals surface area contributed by atoms with Gasteiger partial charge in [0.05, 0.1) is 5.92 Å². The molecule has 0 unspecified atom stereocenters. The Morgan fingerprint density at radius 3 is 2.85 bits per heavy atom. The molecule has 26 heavy (non-hydrogen) atoms. The van der Waals surface area contributed by atoms with Gasteiger partial charge in [0.25, 0.3) is 11.6 Å². The Morgan fingerprint density at radius 1 is 1.46 bits per heavy atom. The number of hydrogen-bond acceptors (Lipinski definition) is 4. The van der Waals surface area contributed by atoms with Gasteiger partial charge in [0.1, 0.15) is 5.75 Å². The third-order valence-corrected chi connectivity index (χ3v) is 5.18. The zero-order valence-electron chi connectivity index (χ0n) is 14.0. The van der Waals surface area contributed by atoms with Gasteiger partial charge in [0.15, 0.2) is 6.61 Å². The van der Waals surface area contributed by atoms with Gasteiger partial charge >= 0.3 is 6.18 Å². The highest BCUT2D eigenvalue weighted by Gasteiger charge is 2.68. The number of benzene rings is 1. The number of alkyl halides is 3. The first kappa shape index (κ1) is 19.0. The normalized spacial score (nSPS) is 25.7. The summed E-state index contributed by atoms with van der Waals surface area (Å²) in [5, 5.41) is 14.9. The zero-order chi connectivity index (χ0) is 19.1. The maximum atomic E-state index is 13.6. The average Bonchev–Trinajstić information content (AvgIpc) is 2.90. The molecule has 0 saturated heterocycles. The number of hydrogen-bond donors (Lipinski definition) is 1. The molecule has 2 aliphatic rings. The van der Waals surface area contributed by atoms with Crippen molar-refractivity contribution in [3.8, 4) is 5.75 Å². The van der Waals surface area contributed by atoms with Crippen LogP contribution in [0.4, 0.5) is 13.2 Å². The fourth-order valence-corrected chi connectivity index (χ4v) is 3.50. The zero-order valence-corrected chi connectivity index (χ0v) is 14.8. The molecule has 1 N–H and O–H groups in total. The number of nitrogens with zero attached hydrogens (tertiary/aromatic N) is 2. The quantitative estimate of drug-likeness (QED) is 0.856. The van der Waals surface area contributed by atoms with Crippen LogP contribution in [-0.4, -0.2) is 40.2 Å². The highest BCUT2D eigenvalue weighted by atomic mass is 35.5. The lowest BCUT2D eigenvalue weighted by molar-refractivity contribution is -0.317. The molecule has 1 amide bonds. The first-order valence-electron chi connectivity index (χ1n) is 8.23. The molecule has 0 aromatic heterocycles. The Morgan fingerprint density at radius 2 is 2.19 bits per heavy atom. The van der Waals surface area contributed by atoms with Crippen LogP contribution in [0.5, 0.6) is 5.75 Å². The van der Waals surface area contributed by atoms with Crippen LogP contribution >= 0.6 is 11.6 Å². The second kappa shape index (κ2) is 6.74. The number of hydrazone groups is 1. The van der Waals surface area contributed by atoms with Crippen LogP contribution in [-0.2, 0) is 4.79 Å². The molecule has 3 rings (SSSR count). The van der Waals surface area contributed by atoms with Crippen molar-refractivity contribution in [2.75, 3.05) is 6.61 Å².